The van der Waals surface area contributed by atoms with Crippen LogP contribution in [0.25, 0.3) is 17.1 Å². The molecule has 0 fully saturated rings. The summed E-state index contributed by atoms with van der Waals surface area (Å²) in [6.07, 6.45) is 1.89. The molecule has 0 saturated heterocycles. The van der Waals surface area contributed by atoms with Gasteiger partial charge in [-0.25, -0.2) is 4.68 Å². The van der Waals surface area contributed by atoms with Crippen LogP contribution >= 0.6 is 0 Å². The van der Waals surface area contributed by atoms with Crippen LogP contribution in [0.1, 0.15) is 24.7 Å². The minimum absolute atomic E-state index is 0.687. The quantitative estimate of drug-likeness (QED) is 0.787. The summed E-state index contributed by atoms with van der Waals surface area (Å²) in [7, 11) is 0. The van der Waals surface area contributed by atoms with Gasteiger partial charge in [0, 0.05) is 5.56 Å². The molecular weight excluding hydrogens is 262 g/mol. The van der Waals surface area contributed by atoms with Crippen molar-refractivity contribution in [1.82, 2.24) is 9.78 Å². The van der Waals surface area contributed by atoms with E-state index in [-0.39, 0.29) is 0 Å². The molecule has 0 atom stereocenters. The predicted octanol–water partition coefficient (Wildman–Crippen LogP) is 3.98. The highest BCUT2D eigenvalue weighted by atomic mass is 16.3. The van der Waals surface area contributed by atoms with Gasteiger partial charge in [0.15, 0.2) is 5.76 Å². The molecule has 3 aromatic rings. The average Bonchev–Trinajstić information content (AvgIpc) is 3.06. The van der Waals surface area contributed by atoms with Gasteiger partial charge in [-0.2, -0.15) is 5.10 Å². The number of anilines is 1. The van der Waals surface area contributed by atoms with E-state index in [0.717, 1.165) is 41.3 Å². The highest BCUT2D eigenvalue weighted by Crippen LogP contribution is 2.31. The van der Waals surface area contributed by atoms with Crippen LogP contribution in [0.5, 0.6) is 0 Å². The van der Waals surface area contributed by atoms with E-state index in [0.29, 0.717) is 5.82 Å². The fourth-order valence-corrected chi connectivity index (χ4v) is 2.49. The van der Waals surface area contributed by atoms with Crippen molar-refractivity contribution in [3.05, 3.63) is 53.8 Å². The van der Waals surface area contributed by atoms with E-state index in [9.17, 15) is 0 Å². The number of hydrogen-bond acceptors (Lipinski definition) is 3. The van der Waals surface area contributed by atoms with Gasteiger partial charge < -0.3 is 10.2 Å². The van der Waals surface area contributed by atoms with Gasteiger partial charge in [-0.3, -0.25) is 0 Å². The van der Waals surface area contributed by atoms with Gasteiger partial charge in [0.2, 0.25) is 0 Å². The Hall–Kier alpha value is -2.49. The first-order chi connectivity index (χ1) is 10.2. The fraction of sp³-hybridized carbons (Fsp3) is 0.235. The van der Waals surface area contributed by atoms with Crippen LogP contribution in [-0.4, -0.2) is 9.78 Å². The molecule has 0 aliphatic carbocycles. The van der Waals surface area contributed by atoms with Gasteiger partial charge in [-0.15, -0.1) is 0 Å². The SMILES string of the molecule is CCCc1c(-c2ccc(C)o2)nn(-c2ccccc2)c1N. The Bertz CT molecular complexity index is 741. The first-order valence-electron chi connectivity index (χ1n) is 7.20. The number of aromatic nitrogens is 2. The maximum absolute atomic E-state index is 6.33. The number of furan rings is 1. The lowest BCUT2D eigenvalue weighted by molar-refractivity contribution is 0.545. The minimum atomic E-state index is 0.687. The van der Waals surface area contributed by atoms with Crippen molar-refractivity contribution in [1.29, 1.82) is 0 Å². The molecule has 0 radical (unpaired) electrons. The van der Waals surface area contributed by atoms with E-state index < -0.39 is 0 Å². The van der Waals surface area contributed by atoms with Crippen LogP contribution in [0.15, 0.2) is 46.9 Å². The van der Waals surface area contributed by atoms with E-state index in [2.05, 4.69) is 12.0 Å². The summed E-state index contributed by atoms with van der Waals surface area (Å²) in [6, 6.07) is 13.8. The fourth-order valence-electron chi connectivity index (χ4n) is 2.49. The maximum Gasteiger partial charge on any atom is 0.154 e. The number of aryl methyl sites for hydroxylation is 1. The van der Waals surface area contributed by atoms with Crippen molar-refractivity contribution in [3.63, 3.8) is 0 Å². The lowest BCUT2D eigenvalue weighted by Gasteiger charge is -2.04. The van der Waals surface area contributed by atoms with Gasteiger partial charge in [0.05, 0.1) is 5.69 Å². The van der Waals surface area contributed by atoms with Gasteiger partial charge in [-0.1, -0.05) is 31.5 Å². The Morgan fingerprint density at radius 1 is 1.14 bits per heavy atom. The molecule has 0 bridgehead atoms. The topological polar surface area (TPSA) is 57.0 Å². The highest BCUT2D eigenvalue weighted by Gasteiger charge is 2.19. The first kappa shape index (κ1) is 13.5. The number of hydrogen-bond donors (Lipinski definition) is 1. The second-order valence-electron chi connectivity index (χ2n) is 5.12. The Kier molecular flexibility index (Phi) is 3.52. The van der Waals surface area contributed by atoms with Crippen LogP contribution in [0.3, 0.4) is 0 Å². The Morgan fingerprint density at radius 2 is 1.90 bits per heavy atom. The zero-order chi connectivity index (χ0) is 14.8. The number of nitrogens with two attached hydrogens (primary N) is 1. The summed E-state index contributed by atoms with van der Waals surface area (Å²) in [4.78, 5) is 0. The number of rotatable bonds is 4. The molecule has 0 spiro atoms. The molecule has 108 valence electrons. The minimum Gasteiger partial charge on any atom is -0.460 e. The first-order valence-corrected chi connectivity index (χ1v) is 7.20. The molecule has 2 heterocycles. The number of nitrogen functional groups attached to an aromatic ring is 1. The summed E-state index contributed by atoms with van der Waals surface area (Å²) in [6.45, 7) is 4.07. The second kappa shape index (κ2) is 5.48. The third-order valence-corrected chi connectivity index (χ3v) is 3.50. The third-order valence-electron chi connectivity index (χ3n) is 3.50. The zero-order valence-corrected chi connectivity index (χ0v) is 12.3. The summed E-state index contributed by atoms with van der Waals surface area (Å²) in [5.74, 6) is 2.34. The smallest absolute Gasteiger partial charge is 0.154 e. The molecule has 2 aromatic heterocycles. The van der Waals surface area contributed by atoms with Crippen molar-refractivity contribution in [2.45, 2.75) is 26.7 Å². The summed E-state index contributed by atoms with van der Waals surface area (Å²) < 4.78 is 7.52. The van der Waals surface area contributed by atoms with Crippen LogP contribution in [0, 0.1) is 6.92 Å². The average molecular weight is 281 g/mol. The molecular formula is C17H19N3O. The Balaban J connectivity index is 2.16. The summed E-state index contributed by atoms with van der Waals surface area (Å²) >= 11 is 0. The van der Waals surface area contributed by atoms with Crippen molar-refractivity contribution in [2.75, 3.05) is 5.73 Å². The van der Waals surface area contributed by atoms with Crippen LogP contribution < -0.4 is 5.73 Å². The molecule has 4 nitrogen and oxygen atoms in total. The van der Waals surface area contributed by atoms with E-state index in [1.807, 2.05) is 49.4 Å². The Labute approximate surface area is 124 Å². The normalized spacial score (nSPS) is 11.0. The molecule has 0 saturated carbocycles. The van der Waals surface area contributed by atoms with E-state index in [4.69, 9.17) is 10.2 Å². The zero-order valence-electron chi connectivity index (χ0n) is 12.3. The van der Waals surface area contributed by atoms with Gasteiger partial charge in [-0.05, 0) is 37.6 Å². The van der Waals surface area contributed by atoms with Crippen molar-refractivity contribution in [3.8, 4) is 17.1 Å². The standard InChI is InChI=1S/C17H19N3O/c1-3-7-14-16(15-11-10-12(2)21-15)19-20(17(14)18)13-8-5-4-6-9-13/h4-6,8-11H,3,7,18H2,1-2H3. The molecule has 0 aliphatic heterocycles. The molecule has 4 heteroatoms. The molecule has 0 unspecified atom stereocenters. The maximum atomic E-state index is 6.33. The number of para-hydroxylation sites is 1. The summed E-state index contributed by atoms with van der Waals surface area (Å²) in [5.41, 5.74) is 9.18. The number of nitrogens with zero attached hydrogens (tertiary/aromatic N) is 2. The molecule has 0 aliphatic rings. The molecule has 3 rings (SSSR count). The van der Waals surface area contributed by atoms with Crippen molar-refractivity contribution < 1.29 is 4.42 Å². The lowest BCUT2D eigenvalue weighted by atomic mass is 10.1. The highest BCUT2D eigenvalue weighted by molar-refractivity contribution is 5.66. The van der Waals surface area contributed by atoms with Gasteiger partial charge >= 0.3 is 0 Å². The predicted molar refractivity (Wildman–Crippen MR) is 84.4 cm³/mol. The van der Waals surface area contributed by atoms with E-state index in [1.54, 1.807) is 4.68 Å². The second-order valence-corrected chi connectivity index (χ2v) is 5.12. The summed E-state index contributed by atoms with van der Waals surface area (Å²) in [5, 5.41) is 4.68. The monoisotopic (exact) mass is 281 g/mol. The molecule has 21 heavy (non-hydrogen) atoms. The lowest BCUT2D eigenvalue weighted by Crippen LogP contribution is -2.02. The largest absolute Gasteiger partial charge is 0.460 e. The van der Waals surface area contributed by atoms with Crippen LogP contribution in [-0.2, 0) is 6.42 Å². The van der Waals surface area contributed by atoms with Crippen LogP contribution in [0.2, 0.25) is 0 Å². The van der Waals surface area contributed by atoms with Crippen molar-refractivity contribution >= 4 is 5.82 Å². The van der Waals surface area contributed by atoms with Crippen LogP contribution in [0.4, 0.5) is 5.82 Å². The van der Waals surface area contributed by atoms with Gasteiger partial charge in [0.25, 0.3) is 0 Å². The molecule has 1 aromatic carbocycles. The Morgan fingerprint density at radius 3 is 2.52 bits per heavy atom. The van der Waals surface area contributed by atoms with Gasteiger partial charge in [0.1, 0.15) is 17.3 Å². The van der Waals surface area contributed by atoms with Crippen molar-refractivity contribution in [2.24, 2.45) is 0 Å². The molecule has 0 amide bonds. The molecule has 2 N–H and O–H groups in total. The number of benzene rings is 1. The van der Waals surface area contributed by atoms with E-state index >= 15 is 0 Å². The van der Waals surface area contributed by atoms with E-state index in [1.165, 1.54) is 0 Å². The third kappa shape index (κ3) is 2.44.